The summed E-state index contributed by atoms with van der Waals surface area (Å²) < 4.78 is 5.80. The average molecular weight is 375 g/mol. The molecule has 0 fully saturated rings. The van der Waals surface area contributed by atoms with E-state index in [-0.39, 0.29) is 12.8 Å². The standard InChI is InChI=1S/C18H15ClN2O3S/c19-13-6-4-12(5-7-13)17-15(8-9-16(22)23)24-18(21-17)25-11-14-3-1-2-10-20-14/h1-7,10H,8-9,11H2,(H,22,23). The zero-order chi connectivity index (χ0) is 17.6. The minimum absolute atomic E-state index is 0.0138. The molecule has 1 aromatic carbocycles. The number of aromatic nitrogens is 2. The zero-order valence-electron chi connectivity index (χ0n) is 13.2. The number of oxazole rings is 1. The summed E-state index contributed by atoms with van der Waals surface area (Å²) in [5, 5.41) is 10.1. The van der Waals surface area contributed by atoms with Crippen molar-refractivity contribution in [1.82, 2.24) is 9.97 Å². The summed E-state index contributed by atoms with van der Waals surface area (Å²) in [6.07, 6.45) is 2.01. The Balaban J connectivity index is 1.82. The van der Waals surface area contributed by atoms with Gasteiger partial charge in [-0.3, -0.25) is 9.78 Å². The molecule has 2 aromatic heterocycles. The van der Waals surface area contributed by atoms with Gasteiger partial charge in [0.25, 0.3) is 5.22 Å². The van der Waals surface area contributed by atoms with Crippen LogP contribution in [0.1, 0.15) is 17.9 Å². The first-order valence-corrected chi connectivity index (χ1v) is 8.98. The smallest absolute Gasteiger partial charge is 0.303 e. The van der Waals surface area contributed by atoms with E-state index in [0.29, 0.717) is 27.5 Å². The molecule has 25 heavy (non-hydrogen) atoms. The molecular weight excluding hydrogens is 360 g/mol. The predicted molar refractivity (Wildman–Crippen MR) is 96.7 cm³/mol. The number of halogens is 1. The maximum absolute atomic E-state index is 10.9. The highest BCUT2D eigenvalue weighted by molar-refractivity contribution is 7.98. The predicted octanol–water partition coefficient (Wildman–Crippen LogP) is 4.70. The number of thioether (sulfide) groups is 1. The van der Waals surface area contributed by atoms with Gasteiger partial charge in [0.2, 0.25) is 0 Å². The Kier molecular flexibility index (Phi) is 5.73. The molecule has 0 unspecified atom stereocenters. The van der Waals surface area contributed by atoms with Crippen LogP contribution >= 0.6 is 23.4 Å². The summed E-state index contributed by atoms with van der Waals surface area (Å²) in [4.78, 5) is 19.7. The van der Waals surface area contributed by atoms with E-state index in [1.54, 1.807) is 18.3 Å². The fraction of sp³-hybridized carbons (Fsp3) is 0.167. The van der Waals surface area contributed by atoms with Gasteiger partial charge in [0.15, 0.2) is 0 Å². The van der Waals surface area contributed by atoms with Crippen LogP contribution in [0.4, 0.5) is 0 Å². The van der Waals surface area contributed by atoms with Crippen molar-refractivity contribution < 1.29 is 14.3 Å². The van der Waals surface area contributed by atoms with Crippen molar-refractivity contribution in [3.05, 3.63) is 65.1 Å². The van der Waals surface area contributed by atoms with Crippen LogP contribution in [-0.4, -0.2) is 21.0 Å². The summed E-state index contributed by atoms with van der Waals surface area (Å²) >= 11 is 7.36. The van der Waals surface area contributed by atoms with E-state index in [1.165, 1.54) is 11.8 Å². The Morgan fingerprint density at radius 3 is 2.68 bits per heavy atom. The number of carboxylic acid groups (broad SMARTS) is 1. The second-order valence-corrected chi connectivity index (χ2v) is 6.62. The third-order valence-electron chi connectivity index (χ3n) is 3.43. The molecular formula is C18H15ClN2O3S. The van der Waals surface area contributed by atoms with Crippen molar-refractivity contribution in [2.24, 2.45) is 0 Å². The number of carbonyl (C=O) groups is 1. The van der Waals surface area contributed by atoms with E-state index < -0.39 is 5.97 Å². The third kappa shape index (κ3) is 4.84. The fourth-order valence-electron chi connectivity index (χ4n) is 2.23. The summed E-state index contributed by atoms with van der Waals surface area (Å²) in [5.41, 5.74) is 2.42. The summed E-state index contributed by atoms with van der Waals surface area (Å²) in [6.45, 7) is 0. The van der Waals surface area contributed by atoms with Crippen LogP contribution in [0.5, 0.6) is 0 Å². The van der Waals surface area contributed by atoms with Gasteiger partial charge in [0, 0.05) is 29.0 Å². The van der Waals surface area contributed by atoms with Crippen LogP contribution in [0.2, 0.25) is 5.02 Å². The molecule has 3 rings (SSSR count). The SMILES string of the molecule is O=C(O)CCc1oc(SCc2ccccn2)nc1-c1ccc(Cl)cc1. The van der Waals surface area contributed by atoms with Crippen LogP contribution in [-0.2, 0) is 17.0 Å². The van der Waals surface area contributed by atoms with E-state index in [9.17, 15) is 4.79 Å². The Bertz CT molecular complexity index is 851. The monoisotopic (exact) mass is 374 g/mol. The number of pyridine rings is 1. The van der Waals surface area contributed by atoms with E-state index >= 15 is 0 Å². The Morgan fingerprint density at radius 2 is 2.00 bits per heavy atom. The lowest BCUT2D eigenvalue weighted by atomic mass is 10.1. The first-order chi connectivity index (χ1) is 12.1. The van der Waals surface area contributed by atoms with Crippen molar-refractivity contribution in [3.63, 3.8) is 0 Å². The number of nitrogens with zero attached hydrogens (tertiary/aromatic N) is 2. The molecule has 0 aliphatic heterocycles. The minimum atomic E-state index is -0.874. The van der Waals surface area contributed by atoms with Crippen molar-refractivity contribution in [3.8, 4) is 11.3 Å². The van der Waals surface area contributed by atoms with Crippen molar-refractivity contribution in [1.29, 1.82) is 0 Å². The van der Waals surface area contributed by atoms with Crippen LogP contribution < -0.4 is 0 Å². The van der Waals surface area contributed by atoms with E-state index in [1.807, 2.05) is 30.3 Å². The van der Waals surface area contributed by atoms with Gasteiger partial charge in [0.05, 0.1) is 12.1 Å². The molecule has 1 N–H and O–H groups in total. The third-order valence-corrected chi connectivity index (χ3v) is 4.54. The van der Waals surface area contributed by atoms with Crippen molar-refractivity contribution in [2.75, 3.05) is 0 Å². The van der Waals surface area contributed by atoms with E-state index in [4.69, 9.17) is 21.1 Å². The van der Waals surface area contributed by atoms with Gasteiger partial charge in [-0.2, -0.15) is 0 Å². The topological polar surface area (TPSA) is 76.2 Å². The molecule has 2 heterocycles. The highest BCUT2D eigenvalue weighted by Crippen LogP contribution is 2.31. The van der Waals surface area contributed by atoms with Crippen LogP contribution in [0, 0.1) is 0 Å². The highest BCUT2D eigenvalue weighted by atomic mass is 35.5. The normalized spacial score (nSPS) is 10.8. The van der Waals surface area contributed by atoms with Gasteiger partial charge in [-0.15, -0.1) is 0 Å². The molecule has 7 heteroatoms. The summed E-state index contributed by atoms with van der Waals surface area (Å²) in [5.74, 6) is 0.314. The maximum atomic E-state index is 10.9. The van der Waals surface area contributed by atoms with Crippen molar-refractivity contribution in [2.45, 2.75) is 23.8 Å². The number of aliphatic carboxylic acids is 1. The molecule has 0 spiro atoms. The van der Waals surface area contributed by atoms with Crippen LogP contribution in [0.3, 0.4) is 0 Å². The second kappa shape index (κ2) is 8.18. The Hall–Kier alpha value is -2.31. The lowest BCUT2D eigenvalue weighted by Crippen LogP contribution is -1.97. The first kappa shape index (κ1) is 17.5. The van der Waals surface area contributed by atoms with Crippen LogP contribution in [0.25, 0.3) is 11.3 Å². The quantitative estimate of drug-likeness (QED) is 0.604. The highest BCUT2D eigenvalue weighted by Gasteiger charge is 2.17. The molecule has 0 bridgehead atoms. The number of carboxylic acids is 1. The summed E-state index contributed by atoms with van der Waals surface area (Å²) in [7, 11) is 0. The molecule has 128 valence electrons. The fourth-order valence-corrected chi connectivity index (χ4v) is 3.12. The molecule has 0 amide bonds. The zero-order valence-corrected chi connectivity index (χ0v) is 14.8. The molecule has 0 radical (unpaired) electrons. The maximum Gasteiger partial charge on any atom is 0.303 e. The van der Waals surface area contributed by atoms with Gasteiger partial charge < -0.3 is 9.52 Å². The average Bonchev–Trinajstić information content (AvgIpc) is 3.03. The lowest BCUT2D eigenvalue weighted by molar-refractivity contribution is -0.137. The number of benzene rings is 1. The molecule has 0 saturated heterocycles. The molecule has 0 saturated carbocycles. The van der Waals surface area contributed by atoms with Gasteiger partial charge in [-0.05, 0) is 24.3 Å². The Labute approximate surface area is 154 Å². The summed E-state index contributed by atoms with van der Waals surface area (Å²) in [6, 6.07) is 13.0. The molecule has 0 aliphatic carbocycles. The van der Waals surface area contributed by atoms with Gasteiger partial charge in [-0.1, -0.05) is 41.6 Å². The number of hydrogen-bond acceptors (Lipinski definition) is 5. The number of rotatable bonds is 7. The Morgan fingerprint density at radius 1 is 1.20 bits per heavy atom. The van der Waals surface area contributed by atoms with E-state index in [0.717, 1.165) is 11.3 Å². The minimum Gasteiger partial charge on any atom is -0.481 e. The molecule has 0 atom stereocenters. The molecule has 5 nitrogen and oxygen atoms in total. The second-order valence-electron chi connectivity index (χ2n) is 5.26. The lowest BCUT2D eigenvalue weighted by Gasteiger charge is -2.00. The van der Waals surface area contributed by atoms with E-state index in [2.05, 4.69) is 9.97 Å². The number of aryl methyl sites for hydroxylation is 1. The van der Waals surface area contributed by atoms with Crippen molar-refractivity contribution >= 4 is 29.3 Å². The largest absolute Gasteiger partial charge is 0.481 e. The van der Waals surface area contributed by atoms with Crippen LogP contribution in [0.15, 0.2) is 58.3 Å². The first-order valence-electron chi connectivity index (χ1n) is 7.62. The van der Waals surface area contributed by atoms with Gasteiger partial charge >= 0.3 is 5.97 Å². The number of hydrogen-bond donors (Lipinski definition) is 1. The van der Waals surface area contributed by atoms with Gasteiger partial charge in [0.1, 0.15) is 11.5 Å². The molecule has 3 aromatic rings. The van der Waals surface area contributed by atoms with Gasteiger partial charge in [-0.25, -0.2) is 4.98 Å². The molecule has 0 aliphatic rings.